The summed E-state index contributed by atoms with van der Waals surface area (Å²) in [5, 5.41) is 17.0. The molecule has 0 saturated heterocycles. The first-order valence-electron chi connectivity index (χ1n) is 10.8. The largest absolute Gasteiger partial charge is 0.454 e. The third kappa shape index (κ3) is 3.73. The second kappa shape index (κ2) is 8.64. The van der Waals surface area contributed by atoms with Crippen LogP contribution in [-0.4, -0.2) is 40.9 Å². The zero-order valence-electron chi connectivity index (χ0n) is 17.9. The summed E-state index contributed by atoms with van der Waals surface area (Å²) < 4.78 is 12.7. The lowest BCUT2D eigenvalue weighted by Gasteiger charge is -2.15. The molecule has 0 saturated carbocycles. The quantitative estimate of drug-likeness (QED) is 0.181. The van der Waals surface area contributed by atoms with Gasteiger partial charge in [0.05, 0.1) is 21.3 Å². The van der Waals surface area contributed by atoms with E-state index in [1.54, 1.807) is 16.8 Å². The number of pyridine rings is 2. The van der Waals surface area contributed by atoms with Gasteiger partial charge >= 0.3 is 0 Å². The fourth-order valence-corrected chi connectivity index (χ4v) is 4.32. The van der Waals surface area contributed by atoms with Crippen LogP contribution >= 0.6 is 0 Å². The summed E-state index contributed by atoms with van der Waals surface area (Å²) in [6.45, 7) is 2.71. The molecule has 0 bridgehead atoms. The van der Waals surface area contributed by atoms with Gasteiger partial charge in [0, 0.05) is 54.8 Å². The van der Waals surface area contributed by atoms with Gasteiger partial charge in [0.2, 0.25) is 6.79 Å². The molecule has 0 spiro atoms. The maximum absolute atomic E-state index is 13.6. The van der Waals surface area contributed by atoms with E-state index in [1.807, 2.05) is 12.1 Å². The van der Waals surface area contributed by atoms with E-state index in [4.69, 9.17) is 15.2 Å². The molecule has 2 aromatic heterocycles. The molecule has 0 fully saturated rings. The second-order valence-corrected chi connectivity index (χ2v) is 7.93. The average molecular weight is 449 g/mol. The Hall–Kier alpha value is -3.76. The Morgan fingerprint density at radius 1 is 1.06 bits per heavy atom. The number of benzene rings is 2. The number of nitro benzene ring substituents is 1. The van der Waals surface area contributed by atoms with Crippen molar-refractivity contribution in [1.29, 1.82) is 0 Å². The lowest BCUT2D eigenvalue weighted by molar-refractivity contribution is -0.384. The first-order valence-corrected chi connectivity index (χ1v) is 10.8. The first-order chi connectivity index (χ1) is 16.1. The number of nitrogens with zero attached hydrogens (tertiary/aromatic N) is 3. The number of hydrogen-bond donors (Lipinski definition) is 2. The lowest BCUT2D eigenvalue weighted by Crippen LogP contribution is -2.25. The number of aryl methyl sites for hydroxylation is 1. The smallest absolute Gasteiger partial charge is 0.270 e. The van der Waals surface area contributed by atoms with E-state index in [0.29, 0.717) is 40.9 Å². The Bertz CT molecular complexity index is 1450. The maximum Gasteiger partial charge on any atom is 0.270 e. The van der Waals surface area contributed by atoms with Gasteiger partial charge in [-0.1, -0.05) is 0 Å². The van der Waals surface area contributed by atoms with Crippen molar-refractivity contribution in [1.82, 2.24) is 14.9 Å². The summed E-state index contributed by atoms with van der Waals surface area (Å²) in [5.41, 5.74) is 6.56. The summed E-state index contributed by atoms with van der Waals surface area (Å²) in [7, 11) is 0. The number of unbranched alkanes of at least 4 members (excludes halogenated alkanes) is 1. The van der Waals surface area contributed by atoms with Crippen molar-refractivity contribution in [3.8, 4) is 11.5 Å². The Labute approximate surface area is 188 Å². The fraction of sp³-hybridized carbons (Fsp3) is 0.304. The van der Waals surface area contributed by atoms with Gasteiger partial charge in [0.25, 0.3) is 11.2 Å². The van der Waals surface area contributed by atoms with Crippen molar-refractivity contribution in [2.45, 2.75) is 19.4 Å². The van der Waals surface area contributed by atoms with Gasteiger partial charge in [-0.25, -0.2) is 0 Å². The predicted octanol–water partition coefficient (Wildman–Crippen LogP) is 2.67. The van der Waals surface area contributed by atoms with Crippen LogP contribution in [0.4, 0.5) is 5.69 Å². The van der Waals surface area contributed by atoms with E-state index < -0.39 is 4.92 Å². The summed E-state index contributed by atoms with van der Waals surface area (Å²) in [6.07, 6.45) is 3.32. The van der Waals surface area contributed by atoms with E-state index in [9.17, 15) is 14.9 Å². The van der Waals surface area contributed by atoms with Gasteiger partial charge in [0.1, 0.15) is 0 Å². The summed E-state index contributed by atoms with van der Waals surface area (Å²) >= 11 is 0. The van der Waals surface area contributed by atoms with Crippen molar-refractivity contribution in [3.63, 3.8) is 0 Å². The third-order valence-corrected chi connectivity index (χ3v) is 5.89. The van der Waals surface area contributed by atoms with Crippen LogP contribution in [-0.2, 0) is 6.54 Å². The van der Waals surface area contributed by atoms with Crippen molar-refractivity contribution in [2.75, 3.05) is 26.4 Å². The molecule has 0 radical (unpaired) electrons. The Morgan fingerprint density at radius 2 is 1.88 bits per heavy atom. The summed E-state index contributed by atoms with van der Waals surface area (Å²) in [4.78, 5) is 29.0. The van der Waals surface area contributed by atoms with Gasteiger partial charge in [-0.2, -0.15) is 0 Å². The minimum atomic E-state index is -0.490. The number of hydrogen-bond acceptors (Lipinski definition) is 8. The minimum Gasteiger partial charge on any atom is -0.454 e. The van der Waals surface area contributed by atoms with Crippen LogP contribution in [0.25, 0.3) is 32.6 Å². The Balaban J connectivity index is 1.72. The summed E-state index contributed by atoms with van der Waals surface area (Å²) in [6, 6.07) is 8.04. The van der Waals surface area contributed by atoms with Gasteiger partial charge in [-0.15, -0.1) is 0 Å². The first kappa shape index (κ1) is 21.1. The van der Waals surface area contributed by atoms with E-state index in [1.165, 1.54) is 12.1 Å². The van der Waals surface area contributed by atoms with Crippen LogP contribution in [0.5, 0.6) is 11.5 Å². The number of fused-ring (bicyclic) bond motifs is 6. The molecule has 5 rings (SSSR count). The number of nitro groups is 1. The molecule has 1 aliphatic rings. The van der Waals surface area contributed by atoms with Crippen molar-refractivity contribution in [3.05, 3.63) is 57.0 Å². The van der Waals surface area contributed by atoms with Gasteiger partial charge in [0.15, 0.2) is 11.5 Å². The molecule has 2 aromatic carbocycles. The SMILES string of the molecule is NCCNCCCCn1c(=O)c2cc([N+](=O)[O-])ccc2c2cnc3cc4c(cc3c21)OCO4. The predicted molar refractivity (Wildman–Crippen MR) is 125 cm³/mol. The number of ether oxygens (including phenoxy) is 2. The van der Waals surface area contributed by atoms with Crippen LogP contribution in [0, 0.1) is 10.1 Å². The standard InChI is InChI=1S/C23H23N5O5/c24-5-7-25-6-1-2-8-27-22-17-10-20-21(33-13-32-20)11-19(17)26-12-18(22)15-4-3-14(28(30)31)9-16(15)23(27)29/h3-4,9-12,25H,1-2,5-8,13,24H2. The van der Waals surface area contributed by atoms with Crippen LogP contribution in [0.15, 0.2) is 41.3 Å². The highest BCUT2D eigenvalue weighted by atomic mass is 16.7. The molecular formula is C23H23N5O5. The van der Waals surface area contributed by atoms with Gasteiger partial charge in [-0.05, 0) is 36.9 Å². The molecule has 0 atom stereocenters. The van der Waals surface area contributed by atoms with Crippen LogP contribution in [0.3, 0.4) is 0 Å². The molecule has 0 aliphatic carbocycles. The van der Waals surface area contributed by atoms with E-state index >= 15 is 0 Å². The molecule has 3 N–H and O–H groups in total. The summed E-state index contributed by atoms with van der Waals surface area (Å²) in [5.74, 6) is 1.22. The maximum atomic E-state index is 13.6. The molecule has 1 aliphatic heterocycles. The zero-order valence-corrected chi connectivity index (χ0v) is 17.9. The Morgan fingerprint density at radius 3 is 2.67 bits per heavy atom. The highest BCUT2D eigenvalue weighted by Crippen LogP contribution is 2.38. The lowest BCUT2D eigenvalue weighted by atomic mass is 10.0. The van der Waals surface area contributed by atoms with E-state index in [2.05, 4.69) is 10.3 Å². The van der Waals surface area contributed by atoms with Gasteiger partial charge < -0.3 is 25.1 Å². The molecule has 10 nitrogen and oxygen atoms in total. The number of non-ortho nitro benzene ring substituents is 1. The van der Waals surface area contributed by atoms with Crippen molar-refractivity contribution in [2.24, 2.45) is 5.73 Å². The molecular weight excluding hydrogens is 426 g/mol. The highest BCUT2D eigenvalue weighted by molar-refractivity contribution is 6.14. The van der Waals surface area contributed by atoms with Crippen LogP contribution in [0.1, 0.15) is 12.8 Å². The van der Waals surface area contributed by atoms with Crippen molar-refractivity contribution >= 4 is 38.3 Å². The molecule has 4 aromatic rings. The zero-order chi connectivity index (χ0) is 22.9. The second-order valence-electron chi connectivity index (χ2n) is 7.93. The number of nitrogens with two attached hydrogens (primary N) is 1. The van der Waals surface area contributed by atoms with Crippen LogP contribution in [0.2, 0.25) is 0 Å². The number of rotatable bonds is 8. The molecule has 3 heterocycles. The fourth-order valence-electron chi connectivity index (χ4n) is 4.32. The molecule has 0 amide bonds. The van der Waals surface area contributed by atoms with Crippen molar-refractivity contribution < 1.29 is 14.4 Å². The Kier molecular flexibility index (Phi) is 5.53. The molecule has 170 valence electrons. The topological polar surface area (TPSA) is 135 Å². The molecule has 33 heavy (non-hydrogen) atoms. The average Bonchev–Trinajstić information content (AvgIpc) is 3.28. The highest BCUT2D eigenvalue weighted by Gasteiger charge is 2.20. The van der Waals surface area contributed by atoms with E-state index in [-0.39, 0.29) is 18.0 Å². The number of aromatic nitrogens is 2. The van der Waals surface area contributed by atoms with E-state index in [0.717, 1.165) is 42.2 Å². The molecule has 0 unspecified atom stereocenters. The third-order valence-electron chi connectivity index (χ3n) is 5.89. The monoisotopic (exact) mass is 449 g/mol. The number of nitrogens with one attached hydrogen (secondary N) is 1. The normalized spacial score (nSPS) is 12.8. The van der Waals surface area contributed by atoms with Crippen LogP contribution < -0.4 is 26.1 Å². The molecule has 10 heteroatoms. The van der Waals surface area contributed by atoms with Gasteiger partial charge in [-0.3, -0.25) is 19.9 Å². The minimum absolute atomic E-state index is 0.117.